The Balaban J connectivity index is 1.97. The number of hydrogen-bond acceptors (Lipinski definition) is 4. The molecule has 1 aliphatic heterocycles. The van der Waals surface area contributed by atoms with Gasteiger partial charge >= 0.3 is 0 Å². The number of benzene rings is 1. The van der Waals surface area contributed by atoms with Crippen molar-refractivity contribution in [3.63, 3.8) is 0 Å². The van der Waals surface area contributed by atoms with Gasteiger partial charge in [-0.1, -0.05) is 12.1 Å². The van der Waals surface area contributed by atoms with E-state index in [2.05, 4.69) is 0 Å². The van der Waals surface area contributed by atoms with Gasteiger partial charge in [-0.15, -0.1) is 0 Å². The summed E-state index contributed by atoms with van der Waals surface area (Å²) in [5.74, 6) is 0.0909. The topological polar surface area (TPSA) is 86.8 Å². The van der Waals surface area contributed by atoms with Gasteiger partial charge in [0.05, 0.1) is 18.7 Å². The highest BCUT2D eigenvalue weighted by molar-refractivity contribution is 5.82. The lowest BCUT2D eigenvalue weighted by molar-refractivity contribution is -0.134. The summed E-state index contributed by atoms with van der Waals surface area (Å²) < 4.78 is 0. The molecule has 1 fully saturated rings. The molecular formula is C14H20N2O3. The fourth-order valence-corrected chi connectivity index (χ4v) is 2.50. The van der Waals surface area contributed by atoms with Gasteiger partial charge in [-0.25, -0.2) is 0 Å². The molecule has 19 heavy (non-hydrogen) atoms. The Bertz CT molecular complexity index is 433. The smallest absolute Gasteiger partial charge is 0.240 e. The first-order chi connectivity index (χ1) is 9.11. The lowest BCUT2D eigenvalue weighted by Gasteiger charge is -2.26. The van der Waals surface area contributed by atoms with E-state index in [4.69, 9.17) is 5.73 Å². The van der Waals surface area contributed by atoms with Crippen molar-refractivity contribution in [1.82, 2.24) is 4.90 Å². The molecule has 5 heteroatoms. The minimum absolute atomic E-state index is 0.00231. The molecule has 1 aromatic carbocycles. The molecule has 4 N–H and O–H groups in total. The van der Waals surface area contributed by atoms with Crippen LogP contribution < -0.4 is 5.73 Å². The Kier molecular flexibility index (Phi) is 4.39. The van der Waals surface area contributed by atoms with Crippen LogP contribution in [0.3, 0.4) is 0 Å². The van der Waals surface area contributed by atoms with E-state index in [0.29, 0.717) is 13.0 Å². The molecule has 0 bridgehead atoms. The van der Waals surface area contributed by atoms with Crippen molar-refractivity contribution in [3.05, 3.63) is 29.8 Å². The molecule has 0 spiro atoms. The van der Waals surface area contributed by atoms with Crippen LogP contribution in [0.2, 0.25) is 0 Å². The highest BCUT2D eigenvalue weighted by atomic mass is 16.3. The van der Waals surface area contributed by atoms with Crippen LogP contribution >= 0.6 is 0 Å². The van der Waals surface area contributed by atoms with Crippen molar-refractivity contribution in [2.75, 3.05) is 13.2 Å². The second-order valence-electron chi connectivity index (χ2n) is 4.99. The van der Waals surface area contributed by atoms with Crippen LogP contribution in [0, 0.1) is 0 Å². The Morgan fingerprint density at radius 1 is 1.42 bits per heavy atom. The molecule has 0 radical (unpaired) electrons. The number of nitrogens with zero attached hydrogens (tertiary/aromatic N) is 1. The van der Waals surface area contributed by atoms with Gasteiger partial charge in [0, 0.05) is 6.54 Å². The third-order valence-electron chi connectivity index (χ3n) is 3.58. The summed E-state index contributed by atoms with van der Waals surface area (Å²) in [6.45, 7) is 0.672. The predicted molar refractivity (Wildman–Crippen MR) is 71.6 cm³/mol. The average molecular weight is 264 g/mol. The van der Waals surface area contributed by atoms with Gasteiger partial charge in [0.15, 0.2) is 0 Å². The molecule has 0 aliphatic carbocycles. The zero-order valence-electron chi connectivity index (χ0n) is 10.8. The number of carbonyl (C=O) groups excluding carboxylic acids is 1. The molecule has 1 heterocycles. The summed E-state index contributed by atoms with van der Waals surface area (Å²) in [4.78, 5) is 13.9. The fourth-order valence-electron chi connectivity index (χ4n) is 2.50. The van der Waals surface area contributed by atoms with Gasteiger partial charge in [0.25, 0.3) is 0 Å². The quantitative estimate of drug-likeness (QED) is 0.727. The normalized spacial score (nSPS) is 20.5. The lowest BCUT2D eigenvalue weighted by atomic mass is 10.1. The predicted octanol–water partition coefficient (Wildman–Crippen LogP) is 0.245. The minimum atomic E-state index is -0.600. The summed E-state index contributed by atoms with van der Waals surface area (Å²) in [7, 11) is 0. The average Bonchev–Trinajstić information content (AvgIpc) is 2.88. The van der Waals surface area contributed by atoms with Gasteiger partial charge in [0.1, 0.15) is 5.75 Å². The molecule has 2 rings (SSSR count). The number of amides is 1. The van der Waals surface area contributed by atoms with E-state index >= 15 is 0 Å². The lowest BCUT2D eigenvalue weighted by Crippen LogP contribution is -2.47. The van der Waals surface area contributed by atoms with Gasteiger partial charge in [-0.2, -0.15) is 0 Å². The number of phenols is 1. The number of phenolic OH excluding ortho intramolecular Hbond substituents is 1. The van der Waals surface area contributed by atoms with Crippen molar-refractivity contribution < 1.29 is 15.0 Å². The molecule has 104 valence electrons. The number of aliphatic hydroxyl groups is 1. The van der Waals surface area contributed by atoms with E-state index in [9.17, 15) is 15.0 Å². The van der Waals surface area contributed by atoms with Crippen LogP contribution in [0.1, 0.15) is 18.4 Å². The van der Waals surface area contributed by atoms with Crippen LogP contribution in [0.15, 0.2) is 24.3 Å². The van der Waals surface area contributed by atoms with Gasteiger partial charge in [-0.05, 0) is 37.0 Å². The fraction of sp³-hybridized carbons (Fsp3) is 0.500. The summed E-state index contributed by atoms with van der Waals surface area (Å²) in [6.07, 6.45) is 2.20. The first kappa shape index (κ1) is 13.8. The zero-order valence-corrected chi connectivity index (χ0v) is 10.8. The molecule has 1 amide bonds. The van der Waals surface area contributed by atoms with Crippen molar-refractivity contribution >= 4 is 5.91 Å². The summed E-state index contributed by atoms with van der Waals surface area (Å²) in [5.41, 5.74) is 6.86. The Labute approximate surface area is 112 Å². The number of aliphatic hydroxyl groups excluding tert-OH is 1. The van der Waals surface area contributed by atoms with Gasteiger partial charge < -0.3 is 20.8 Å². The molecule has 2 atom stereocenters. The molecular weight excluding hydrogens is 244 g/mol. The van der Waals surface area contributed by atoms with Gasteiger partial charge in [0.2, 0.25) is 5.91 Å². The zero-order chi connectivity index (χ0) is 13.8. The first-order valence-electron chi connectivity index (χ1n) is 6.56. The summed E-state index contributed by atoms with van der Waals surface area (Å²) in [6, 6.07) is 6.00. The number of aromatic hydroxyl groups is 1. The van der Waals surface area contributed by atoms with E-state index in [-0.39, 0.29) is 24.3 Å². The maximum Gasteiger partial charge on any atom is 0.240 e. The van der Waals surface area contributed by atoms with E-state index in [0.717, 1.165) is 18.4 Å². The van der Waals surface area contributed by atoms with Crippen molar-refractivity contribution in [3.8, 4) is 5.75 Å². The van der Waals surface area contributed by atoms with Crippen molar-refractivity contribution in [1.29, 1.82) is 0 Å². The van der Waals surface area contributed by atoms with E-state index in [1.54, 1.807) is 29.2 Å². The van der Waals surface area contributed by atoms with Crippen LogP contribution in [-0.4, -0.2) is 46.3 Å². The largest absolute Gasteiger partial charge is 0.508 e. The Morgan fingerprint density at radius 2 is 2.11 bits per heavy atom. The van der Waals surface area contributed by atoms with E-state index < -0.39 is 6.04 Å². The molecule has 1 saturated heterocycles. The molecule has 5 nitrogen and oxygen atoms in total. The molecule has 1 aromatic rings. The highest BCUT2D eigenvalue weighted by Gasteiger charge is 2.31. The van der Waals surface area contributed by atoms with Crippen molar-refractivity contribution in [2.24, 2.45) is 5.73 Å². The molecule has 0 aromatic heterocycles. The molecule has 0 unspecified atom stereocenters. The number of carbonyl (C=O) groups is 1. The second-order valence-corrected chi connectivity index (χ2v) is 4.99. The maximum absolute atomic E-state index is 12.2. The minimum Gasteiger partial charge on any atom is -0.508 e. The third kappa shape index (κ3) is 3.24. The summed E-state index contributed by atoms with van der Waals surface area (Å²) in [5, 5.41) is 18.4. The molecule has 1 aliphatic rings. The Hall–Kier alpha value is -1.59. The monoisotopic (exact) mass is 264 g/mol. The highest BCUT2D eigenvalue weighted by Crippen LogP contribution is 2.18. The van der Waals surface area contributed by atoms with Crippen LogP contribution in [0.4, 0.5) is 0 Å². The standard InChI is InChI=1S/C14H20N2O3/c15-13(8-10-3-5-12(18)6-4-10)14(19)16-7-1-2-11(16)9-17/h3-6,11,13,17-18H,1-2,7-9,15H2/t11-,13-/m0/s1. The SMILES string of the molecule is N[C@@H](Cc1ccc(O)cc1)C(=O)N1CCC[C@H]1CO. The maximum atomic E-state index is 12.2. The number of likely N-dealkylation sites (tertiary alicyclic amines) is 1. The van der Waals surface area contributed by atoms with Crippen molar-refractivity contribution in [2.45, 2.75) is 31.3 Å². The van der Waals surface area contributed by atoms with Crippen LogP contribution in [-0.2, 0) is 11.2 Å². The van der Waals surface area contributed by atoms with Crippen LogP contribution in [0.5, 0.6) is 5.75 Å². The van der Waals surface area contributed by atoms with E-state index in [1.165, 1.54) is 0 Å². The summed E-state index contributed by atoms with van der Waals surface area (Å²) >= 11 is 0. The molecule has 0 saturated carbocycles. The first-order valence-corrected chi connectivity index (χ1v) is 6.56. The second kappa shape index (κ2) is 6.04. The van der Waals surface area contributed by atoms with Gasteiger partial charge in [-0.3, -0.25) is 4.79 Å². The van der Waals surface area contributed by atoms with Crippen LogP contribution in [0.25, 0.3) is 0 Å². The number of rotatable bonds is 4. The number of hydrogen-bond donors (Lipinski definition) is 3. The number of nitrogens with two attached hydrogens (primary N) is 1. The third-order valence-corrected chi connectivity index (χ3v) is 3.58. The van der Waals surface area contributed by atoms with E-state index in [1.807, 2.05) is 0 Å². The Morgan fingerprint density at radius 3 is 2.74 bits per heavy atom.